The van der Waals surface area contributed by atoms with E-state index in [2.05, 4.69) is 68.3 Å². The fraction of sp³-hybridized carbons (Fsp3) is 0.390. The average Bonchev–Trinajstić information content (AvgIpc) is 3.08. The van der Waals surface area contributed by atoms with Crippen LogP contribution in [0.1, 0.15) is 61.6 Å². The molecule has 4 aromatic carbocycles. The number of nitrogens with one attached hydrogen (secondary N) is 3. The summed E-state index contributed by atoms with van der Waals surface area (Å²) in [6.45, 7) is 14.4. The monoisotopic (exact) mass is 745 g/mol. The summed E-state index contributed by atoms with van der Waals surface area (Å²) in [4.78, 5) is 12.8. The predicted molar refractivity (Wildman–Crippen MR) is 213 cm³/mol. The highest BCUT2D eigenvalue weighted by Gasteiger charge is 2.39. The number of anilines is 1. The molecule has 0 spiro atoms. The van der Waals surface area contributed by atoms with Gasteiger partial charge in [-0.15, -0.1) is 0 Å². The number of para-hydroxylation sites is 1. The van der Waals surface area contributed by atoms with Gasteiger partial charge >= 0.3 is 0 Å². The van der Waals surface area contributed by atoms with Crippen molar-refractivity contribution in [1.82, 2.24) is 10.6 Å². The average molecular weight is 746 g/mol. The summed E-state index contributed by atoms with van der Waals surface area (Å²) >= 11 is 0. The summed E-state index contributed by atoms with van der Waals surface area (Å²) in [7, 11) is -4.20. The zero-order valence-electron chi connectivity index (χ0n) is 31.8. The van der Waals surface area contributed by atoms with Crippen LogP contribution in [0.5, 0.6) is 11.5 Å². The van der Waals surface area contributed by atoms with Crippen LogP contribution in [0, 0.1) is 0 Å². The van der Waals surface area contributed by atoms with Gasteiger partial charge in [0.25, 0.3) is 0 Å². The van der Waals surface area contributed by atoms with Gasteiger partial charge in [0, 0.05) is 24.7 Å². The highest BCUT2D eigenvalue weighted by atomic mass is 32.2. The Morgan fingerprint density at radius 3 is 2.21 bits per heavy atom. The van der Waals surface area contributed by atoms with Gasteiger partial charge in [-0.05, 0) is 71.9 Å². The highest BCUT2D eigenvalue weighted by Crippen LogP contribution is 2.40. The van der Waals surface area contributed by atoms with Gasteiger partial charge in [0.15, 0.2) is 8.32 Å². The van der Waals surface area contributed by atoms with Crippen molar-refractivity contribution >= 4 is 29.9 Å². The van der Waals surface area contributed by atoms with Crippen molar-refractivity contribution in [2.75, 3.05) is 24.6 Å². The Morgan fingerprint density at radius 1 is 0.846 bits per heavy atom. The molecule has 0 aromatic heterocycles. The normalized spacial score (nSPS) is 13.2. The van der Waals surface area contributed by atoms with E-state index in [0.29, 0.717) is 31.1 Å². The highest BCUT2D eigenvalue weighted by molar-refractivity contribution is 7.92. The second kappa shape index (κ2) is 18.0. The molecular weight excluding hydrogens is 691 g/mol. The first-order valence-corrected chi connectivity index (χ1v) is 22.5. The van der Waals surface area contributed by atoms with E-state index >= 15 is 0 Å². The van der Waals surface area contributed by atoms with E-state index in [1.54, 1.807) is 7.11 Å². The molecule has 0 saturated carbocycles. The molecule has 0 heterocycles. The largest absolute Gasteiger partial charge is 0.496 e. The molecule has 280 valence electrons. The van der Waals surface area contributed by atoms with Crippen molar-refractivity contribution in [3.63, 3.8) is 0 Å². The molecule has 11 heteroatoms. The number of sulfonamides is 1. The Kier molecular flexibility index (Phi) is 14.1. The minimum Gasteiger partial charge on any atom is -0.496 e. The van der Waals surface area contributed by atoms with E-state index < -0.39 is 18.3 Å². The van der Waals surface area contributed by atoms with Gasteiger partial charge in [-0.3, -0.25) is 9.52 Å². The van der Waals surface area contributed by atoms with Crippen LogP contribution in [-0.2, 0) is 45.2 Å². The number of hydrogen-bond donors (Lipinski definition) is 3. The third-order valence-corrected chi connectivity index (χ3v) is 14.4. The molecule has 52 heavy (non-hydrogen) atoms. The smallest absolute Gasteiger partial charge is 0.229 e. The van der Waals surface area contributed by atoms with Crippen LogP contribution in [0.15, 0.2) is 97.1 Å². The standard InChI is InChI=1S/C41H55N3O6SSi/c1-30(23-32-17-14-18-33(24-32)25-40(45)43-27-35-19-12-13-20-37(35)48-5)42-28-39(50-52(7,8)41(2,3)4)34-21-22-38(36(26-34)44-51(6,46)47)49-29-31-15-10-9-11-16-31/h9-22,24,26,30,39,42,44H,23,25,27-29H2,1-8H3,(H,43,45)/t30-,39-/m1/s1. The lowest BCUT2D eigenvalue weighted by Gasteiger charge is -2.40. The van der Waals surface area contributed by atoms with Crippen molar-refractivity contribution in [2.45, 2.75) is 84.0 Å². The van der Waals surface area contributed by atoms with Gasteiger partial charge < -0.3 is 24.5 Å². The Balaban J connectivity index is 1.46. The Labute approximate surface area is 311 Å². The van der Waals surface area contributed by atoms with Gasteiger partial charge in [-0.2, -0.15) is 0 Å². The molecule has 0 unspecified atom stereocenters. The molecule has 0 aliphatic rings. The second-order valence-corrected chi connectivity index (χ2v) is 21.4. The lowest BCUT2D eigenvalue weighted by molar-refractivity contribution is -0.120. The molecule has 0 aliphatic heterocycles. The van der Waals surface area contributed by atoms with Crippen molar-refractivity contribution in [3.05, 3.63) is 125 Å². The number of methoxy groups -OCH3 is 1. The number of rotatable bonds is 18. The van der Waals surface area contributed by atoms with Gasteiger partial charge in [0.1, 0.15) is 18.1 Å². The van der Waals surface area contributed by atoms with Crippen molar-refractivity contribution in [1.29, 1.82) is 0 Å². The maximum Gasteiger partial charge on any atom is 0.229 e. The maximum atomic E-state index is 12.8. The molecule has 0 aliphatic carbocycles. The summed E-state index contributed by atoms with van der Waals surface area (Å²) in [5, 5.41) is 6.65. The zero-order valence-corrected chi connectivity index (χ0v) is 33.6. The lowest BCUT2D eigenvalue weighted by atomic mass is 10.0. The van der Waals surface area contributed by atoms with Gasteiger partial charge in [-0.25, -0.2) is 8.42 Å². The number of hydrogen-bond acceptors (Lipinski definition) is 7. The summed E-state index contributed by atoms with van der Waals surface area (Å²) in [5.41, 5.74) is 5.20. The molecule has 3 N–H and O–H groups in total. The molecular formula is C41H55N3O6SSi. The Bertz CT molecular complexity index is 1880. The van der Waals surface area contributed by atoms with Crippen LogP contribution >= 0.6 is 0 Å². The molecule has 1 amide bonds. The topological polar surface area (TPSA) is 115 Å². The van der Waals surface area contributed by atoms with Crippen LogP contribution < -0.4 is 24.8 Å². The van der Waals surface area contributed by atoms with Crippen LogP contribution in [0.2, 0.25) is 18.1 Å². The van der Waals surface area contributed by atoms with Crippen LogP contribution in [0.25, 0.3) is 0 Å². The van der Waals surface area contributed by atoms with E-state index in [-0.39, 0.29) is 29.5 Å². The van der Waals surface area contributed by atoms with E-state index in [0.717, 1.165) is 46.2 Å². The third-order valence-electron chi connectivity index (χ3n) is 9.37. The number of amides is 1. The second-order valence-electron chi connectivity index (χ2n) is 14.9. The lowest BCUT2D eigenvalue weighted by Crippen LogP contribution is -2.44. The fourth-order valence-corrected chi connectivity index (χ4v) is 7.38. The first-order valence-electron chi connectivity index (χ1n) is 17.7. The van der Waals surface area contributed by atoms with Crippen LogP contribution in [0.4, 0.5) is 5.69 Å². The Hall–Kier alpha value is -4.16. The molecule has 9 nitrogen and oxygen atoms in total. The molecule has 2 atom stereocenters. The SMILES string of the molecule is COc1ccccc1CNC(=O)Cc1cccc(C[C@@H](C)NC[C@@H](O[Si](C)(C)C(C)(C)C)c2ccc(OCc3ccccc3)c(NS(C)(=O)=O)c2)c1. The van der Waals surface area contributed by atoms with Crippen molar-refractivity contribution < 1.29 is 27.1 Å². The number of carbonyl (C=O) groups is 1. The van der Waals surface area contributed by atoms with E-state index in [9.17, 15) is 13.2 Å². The van der Waals surface area contributed by atoms with Crippen LogP contribution in [-0.4, -0.2) is 48.6 Å². The quantitative estimate of drug-likeness (QED) is 0.0892. The first kappa shape index (κ1) is 40.6. The number of ether oxygens (including phenoxy) is 2. The van der Waals surface area contributed by atoms with E-state index in [1.165, 1.54) is 0 Å². The van der Waals surface area contributed by atoms with E-state index in [1.807, 2.05) is 84.9 Å². The Morgan fingerprint density at radius 2 is 1.52 bits per heavy atom. The summed E-state index contributed by atoms with van der Waals surface area (Å²) < 4.78 is 46.0. The molecule has 0 bridgehead atoms. The molecule has 0 saturated heterocycles. The molecule has 4 rings (SSSR count). The maximum absolute atomic E-state index is 12.8. The van der Waals surface area contributed by atoms with Crippen molar-refractivity contribution in [3.8, 4) is 11.5 Å². The fourth-order valence-electron chi connectivity index (χ4n) is 5.54. The molecule has 0 fully saturated rings. The number of benzene rings is 4. The third kappa shape index (κ3) is 12.5. The predicted octanol–water partition coefficient (Wildman–Crippen LogP) is 7.79. The molecule has 4 aromatic rings. The zero-order chi connectivity index (χ0) is 37.9. The molecule has 0 radical (unpaired) electrons. The first-order chi connectivity index (χ1) is 24.5. The van der Waals surface area contributed by atoms with Crippen molar-refractivity contribution in [2.24, 2.45) is 0 Å². The summed E-state index contributed by atoms with van der Waals surface area (Å²) in [5.74, 6) is 1.14. The number of carbonyl (C=O) groups excluding carboxylic acids is 1. The van der Waals surface area contributed by atoms with E-state index in [4.69, 9.17) is 13.9 Å². The van der Waals surface area contributed by atoms with Gasteiger partial charge in [0.05, 0.1) is 31.6 Å². The minimum atomic E-state index is -3.58. The van der Waals surface area contributed by atoms with Crippen LogP contribution in [0.3, 0.4) is 0 Å². The summed E-state index contributed by atoms with van der Waals surface area (Å²) in [6.07, 6.45) is 1.82. The van der Waals surface area contributed by atoms with Gasteiger partial charge in [0.2, 0.25) is 15.9 Å². The summed E-state index contributed by atoms with van der Waals surface area (Å²) in [6, 6.07) is 31.2. The minimum absolute atomic E-state index is 0.0384. The van der Waals surface area contributed by atoms with Gasteiger partial charge in [-0.1, -0.05) is 99.6 Å².